The van der Waals surface area contributed by atoms with Crippen LogP contribution in [0.25, 0.3) is 0 Å². The van der Waals surface area contributed by atoms with Crippen LogP contribution in [0.15, 0.2) is 71.9 Å². The average Bonchev–Trinajstić information content (AvgIpc) is 2.75. The van der Waals surface area contributed by atoms with Gasteiger partial charge in [-0.15, -0.1) is 0 Å². The van der Waals surface area contributed by atoms with Crippen molar-refractivity contribution in [1.29, 1.82) is 0 Å². The summed E-state index contributed by atoms with van der Waals surface area (Å²) in [4.78, 5) is 14.7. The molecule has 2 aromatic carbocycles. The Balaban J connectivity index is 1.68. The monoisotopic (exact) mass is 437 g/mol. The minimum atomic E-state index is -3.77. The zero-order valence-electron chi connectivity index (χ0n) is 17.2. The number of carbonyl (C=O) groups excluding carboxylic acids is 1. The fourth-order valence-corrected chi connectivity index (χ4v) is 5.04. The number of carbonyl (C=O) groups is 1. The predicted molar refractivity (Wildman–Crippen MR) is 119 cm³/mol. The molecular formula is C23H23N3O4S. The van der Waals surface area contributed by atoms with Crippen molar-refractivity contribution in [2.24, 2.45) is 0 Å². The third kappa shape index (κ3) is 4.25. The molecule has 160 valence electrons. The molecule has 31 heavy (non-hydrogen) atoms. The molecule has 0 aliphatic carbocycles. The summed E-state index contributed by atoms with van der Waals surface area (Å²) in [6.07, 6.45) is 3.57. The zero-order valence-corrected chi connectivity index (χ0v) is 18.0. The first kappa shape index (κ1) is 20.9. The summed E-state index contributed by atoms with van der Waals surface area (Å²) < 4.78 is 33.4. The third-order valence-corrected chi connectivity index (χ3v) is 6.82. The fourth-order valence-electron chi connectivity index (χ4n) is 3.99. The van der Waals surface area contributed by atoms with E-state index in [1.807, 2.05) is 24.3 Å². The summed E-state index contributed by atoms with van der Waals surface area (Å²) in [6, 6.07) is 15.8. The number of ether oxygens (including phenoxy) is 1. The highest BCUT2D eigenvalue weighted by molar-refractivity contribution is 7.92. The van der Waals surface area contributed by atoms with Crippen molar-refractivity contribution < 1.29 is 17.9 Å². The number of nitrogens with one attached hydrogen (secondary N) is 2. The van der Waals surface area contributed by atoms with Crippen molar-refractivity contribution in [3.8, 4) is 5.75 Å². The Morgan fingerprint density at radius 2 is 1.97 bits per heavy atom. The van der Waals surface area contributed by atoms with Crippen LogP contribution in [-0.4, -0.2) is 19.9 Å². The number of nitrogens with zero attached hydrogens (tertiary/aromatic N) is 1. The molecular weight excluding hydrogens is 414 g/mol. The summed E-state index contributed by atoms with van der Waals surface area (Å²) in [5.41, 5.74) is 3.09. The van der Waals surface area contributed by atoms with Gasteiger partial charge in [-0.1, -0.05) is 32.0 Å². The molecule has 0 spiro atoms. The molecule has 2 N–H and O–H groups in total. The largest absolute Gasteiger partial charge is 0.429 e. The van der Waals surface area contributed by atoms with Gasteiger partial charge < -0.3 is 10.1 Å². The van der Waals surface area contributed by atoms with Crippen molar-refractivity contribution in [3.05, 3.63) is 78.1 Å². The Hall–Kier alpha value is -3.39. The molecule has 4 rings (SSSR count). The molecule has 0 amide bonds. The molecule has 0 radical (unpaired) electrons. The normalized spacial score (nSPS) is 17.2. The second kappa shape index (κ2) is 8.03. The number of rotatable bonds is 6. The van der Waals surface area contributed by atoms with Crippen LogP contribution in [0.2, 0.25) is 0 Å². The molecule has 1 atom stereocenters. The SMILES string of the molecule is CC1(C)CC(c2ccccc2NS(=O)(=O)c2cccnc2)Nc2ccc(OC=O)cc21. The maximum Gasteiger partial charge on any atom is 0.298 e. The molecule has 0 saturated heterocycles. The average molecular weight is 438 g/mol. The van der Waals surface area contributed by atoms with Crippen LogP contribution in [0.5, 0.6) is 5.75 Å². The molecule has 0 fully saturated rings. The Bertz CT molecular complexity index is 1210. The molecule has 1 aliphatic heterocycles. The topological polar surface area (TPSA) is 97.4 Å². The van der Waals surface area contributed by atoms with Gasteiger partial charge in [-0.25, -0.2) is 8.42 Å². The van der Waals surface area contributed by atoms with E-state index in [9.17, 15) is 13.2 Å². The zero-order chi connectivity index (χ0) is 22.1. The highest BCUT2D eigenvalue weighted by atomic mass is 32.2. The smallest absolute Gasteiger partial charge is 0.298 e. The minimum absolute atomic E-state index is 0.106. The molecule has 8 heteroatoms. The van der Waals surface area contributed by atoms with Gasteiger partial charge in [-0.2, -0.15) is 0 Å². The van der Waals surface area contributed by atoms with Crippen LogP contribution in [0.1, 0.15) is 37.4 Å². The Morgan fingerprint density at radius 1 is 1.16 bits per heavy atom. The second-order valence-corrected chi connectivity index (χ2v) is 9.77. The van der Waals surface area contributed by atoms with Gasteiger partial charge >= 0.3 is 0 Å². The standard InChI is InChI=1S/C23H23N3O4S/c1-23(2)13-22(25-21-10-9-16(30-15-27)12-19(21)23)18-7-3-4-8-20(18)26-31(28,29)17-6-5-11-24-14-17/h3-12,14-15,22,25-26H,13H2,1-2H3. The molecule has 2 heterocycles. The van der Waals surface area contributed by atoms with E-state index in [1.165, 1.54) is 18.5 Å². The number of sulfonamides is 1. The predicted octanol–water partition coefficient (Wildman–Crippen LogP) is 4.25. The Labute approximate surface area is 181 Å². The van der Waals surface area contributed by atoms with Crippen molar-refractivity contribution in [2.75, 3.05) is 10.0 Å². The lowest BCUT2D eigenvalue weighted by Gasteiger charge is -2.39. The maximum atomic E-state index is 12.8. The van der Waals surface area contributed by atoms with E-state index in [0.717, 1.165) is 23.2 Å². The number of pyridine rings is 1. The maximum absolute atomic E-state index is 12.8. The lowest BCUT2D eigenvalue weighted by molar-refractivity contribution is -0.120. The third-order valence-electron chi connectivity index (χ3n) is 5.47. The van der Waals surface area contributed by atoms with E-state index in [4.69, 9.17) is 4.74 Å². The van der Waals surface area contributed by atoms with Gasteiger partial charge in [0.2, 0.25) is 0 Å². The van der Waals surface area contributed by atoms with Gasteiger partial charge in [0.15, 0.2) is 0 Å². The molecule has 0 bridgehead atoms. The van der Waals surface area contributed by atoms with E-state index in [2.05, 4.69) is 28.9 Å². The van der Waals surface area contributed by atoms with E-state index < -0.39 is 10.0 Å². The van der Waals surface area contributed by atoms with Crippen LogP contribution in [0.3, 0.4) is 0 Å². The molecule has 1 unspecified atom stereocenters. The fraction of sp³-hybridized carbons (Fsp3) is 0.217. The van der Waals surface area contributed by atoms with Crippen LogP contribution >= 0.6 is 0 Å². The van der Waals surface area contributed by atoms with Gasteiger partial charge in [0, 0.05) is 18.1 Å². The van der Waals surface area contributed by atoms with Crippen molar-refractivity contribution in [2.45, 2.75) is 36.6 Å². The number of fused-ring (bicyclic) bond motifs is 1. The van der Waals surface area contributed by atoms with Crippen molar-refractivity contribution in [1.82, 2.24) is 4.98 Å². The van der Waals surface area contributed by atoms with Crippen molar-refractivity contribution in [3.63, 3.8) is 0 Å². The lowest BCUT2D eigenvalue weighted by Crippen LogP contribution is -2.31. The molecule has 1 aromatic heterocycles. The van der Waals surface area contributed by atoms with Crippen LogP contribution in [0, 0.1) is 0 Å². The highest BCUT2D eigenvalue weighted by Crippen LogP contribution is 2.46. The van der Waals surface area contributed by atoms with Crippen LogP contribution < -0.4 is 14.8 Å². The van der Waals surface area contributed by atoms with Gasteiger partial charge in [-0.3, -0.25) is 14.5 Å². The number of anilines is 2. The van der Waals surface area contributed by atoms with Gasteiger partial charge in [0.1, 0.15) is 10.6 Å². The molecule has 0 saturated carbocycles. The summed E-state index contributed by atoms with van der Waals surface area (Å²) >= 11 is 0. The van der Waals surface area contributed by atoms with Crippen LogP contribution in [0.4, 0.5) is 11.4 Å². The number of hydrogen-bond acceptors (Lipinski definition) is 6. The molecule has 3 aromatic rings. The first-order valence-electron chi connectivity index (χ1n) is 9.83. The first-order valence-corrected chi connectivity index (χ1v) is 11.3. The quantitative estimate of drug-likeness (QED) is 0.560. The Kier molecular flexibility index (Phi) is 5.41. The van der Waals surface area contributed by atoms with Gasteiger partial charge in [0.25, 0.3) is 16.5 Å². The highest BCUT2D eigenvalue weighted by Gasteiger charge is 2.35. The van der Waals surface area contributed by atoms with E-state index in [1.54, 1.807) is 24.3 Å². The van der Waals surface area contributed by atoms with Gasteiger partial charge in [0.05, 0.1) is 11.7 Å². The molecule has 7 nitrogen and oxygen atoms in total. The number of aromatic nitrogens is 1. The number of hydrogen-bond donors (Lipinski definition) is 2. The minimum Gasteiger partial charge on any atom is -0.429 e. The van der Waals surface area contributed by atoms with E-state index in [0.29, 0.717) is 17.9 Å². The van der Waals surface area contributed by atoms with Gasteiger partial charge in [-0.05, 0) is 59.4 Å². The van der Waals surface area contributed by atoms with Crippen molar-refractivity contribution >= 4 is 27.9 Å². The first-order chi connectivity index (χ1) is 14.8. The van der Waals surface area contributed by atoms with E-state index >= 15 is 0 Å². The second-order valence-electron chi connectivity index (χ2n) is 8.09. The summed E-state index contributed by atoms with van der Waals surface area (Å²) in [7, 11) is -3.77. The summed E-state index contributed by atoms with van der Waals surface area (Å²) in [5, 5.41) is 3.51. The summed E-state index contributed by atoms with van der Waals surface area (Å²) in [6.45, 7) is 4.65. The number of para-hydroxylation sites is 1. The van der Waals surface area contributed by atoms with E-state index in [-0.39, 0.29) is 16.4 Å². The Morgan fingerprint density at radius 3 is 2.71 bits per heavy atom. The van der Waals surface area contributed by atoms with Crippen LogP contribution in [-0.2, 0) is 20.2 Å². The molecule has 1 aliphatic rings. The number of benzene rings is 2. The summed E-state index contributed by atoms with van der Waals surface area (Å²) in [5.74, 6) is 0.492. The lowest BCUT2D eigenvalue weighted by atomic mass is 9.74.